The summed E-state index contributed by atoms with van der Waals surface area (Å²) in [4.78, 5) is 4.02. The molecule has 0 aliphatic carbocycles. The maximum Gasteiger partial charge on any atom is 0.168 e. The fraction of sp³-hybridized carbons (Fsp3) is 0.167. The minimum atomic E-state index is 0.722. The molecule has 0 aliphatic rings. The quantitative estimate of drug-likeness (QED) is 0.589. The van der Waals surface area contributed by atoms with E-state index in [0.29, 0.717) is 0 Å². The van der Waals surface area contributed by atoms with Crippen LogP contribution in [0.5, 0.6) is 0 Å². The molecule has 0 bridgehead atoms. The van der Waals surface area contributed by atoms with Gasteiger partial charge in [-0.25, -0.2) is 4.98 Å². The Balaban J connectivity index is 2.90. The molecule has 9 heavy (non-hydrogen) atoms. The van der Waals surface area contributed by atoms with E-state index in [-0.39, 0.29) is 0 Å². The maximum atomic E-state index is 5.09. The van der Waals surface area contributed by atoms with Gasteiger partial charge in [0, 0.05) is 12.4 Å². The Kier molecular flexibility index (Phi) is 1.71. The van der Waals surface area contributed by atoms with E-state index in [0.717, 1.165) is 10.8 Å². The summed E-state index contributed by atoms with van der Waals surface area (Å²) in [6.07, 6.45) is 5.09. The van der Waals surface area contributed by atoms with Crippen LogP contribution in [-0.4, -0.2) is 12.0 Å². The summed E-state index contributed by atoms with van der Waals surface area (Å²) >= 11 is 1.46. The first-order valence-corrected chi connectivity index (χ1v) is 3.34. The van der Waals surface area contributed by atoms with Crippen molar-refractivity contribution in [3.63, 3.8) is 0 Å². The van der Waals surface area contributed by atoms with E-state index < -0.39 is 0 Å². The molecule has 1 aromatic heterocycles. The van der Waals surface area contributed by atoms with Crippen LogP contribution in [0.3, 0.4) is 0 Å². The van der Waals surface area contributed by atoms with Crippen LogP contribution >= 0.6 is 11.3 Å². The van der Waals surface area contributed by atoms with Gasteiger partial charge in [0.15, 0.2) is 5.01 Å². The topological polar surface area (TPSA) is 24.9 Å². The summed E-state index contributed by atoms with van der Waals surface area (Å²) in [5, 5.41) is 5.49. The van der Waals surface area contributed by atoms with Crippen molar-refractivity contribution in [1.82, 2.24) is 4.98 Å². The molecule has 1 heterocycles. The van der Waals surface area contributed by atoms with Gasteiger partial charge in [0.2, 0.25) is 0 Å². The van der Waals surface area contributed by atoms with E-state index in [2.05, 4.69) is 16.2 Å². The highest BCUT2D eigenvalue weighted by Crippen LogP contribution is 2.11. The van der Waals surface area contributed by atoms with Crippen molar-refractivity contribution >= 4 is 17.2 Å². The Bertz CT molecular complexity index is 233. The number of hydrogen-bond donors (Lipinski definition) is 1. The third-order valence-corrected chi connectivity index (χ3v) is 1.66. The lowest BCUT2D eigenvalue weighted by molar-refractivity contribution is 1.33. The van der Waals surface area contributed by atoms with Crippen molar-refractivity contribution in [2.45, 2.75) is 0 Å². The van der Waals surface area contributed by atoms with Gasteiger partial charge in [0.05, 0.1) is 0 Å². The molecular weight excluding hydrogens is 132 g/mol. The van der Waals surface area contributed by atoms with Gasteiger partial charge < -0.3 is 5.32 Å². The second kappa shape index (κ2) is 2.51. The van der Waals surface area contributed by atoms with Crippen LogP contribution in [-0.2, 0) is 0 Å². The van der Waals surface area contributed by atoms with Crippen LogP contribution in [0.4, 0.5) is 5.82 Å². The van der Waals surface area contributed by atoms with Crippen LogP contribution in [0, 0.1) is 12.3 Å². The second-order valence-electron chi connectivity index (χ2n) is 1.43. The van der Waals surface area contributed by atoms with Gasteiger partial charge in [0.1, 0.15) is 5.82 Å². The Morgan fingerprint density at radius 1 is 1.89 bits per heavy atom. The van der Waals surface area contributed by atoms with E-state index in [1.54, 1.807) is 0 Å². The van der Waals surface area contributed by atoms with E-state index >= 15 is 0 Å². The van der Waals surface area contributed by atoms with E-state index in [4.69, 9.17) is 6.42 Å². The zero-order valence-electron chi connectivity index (χ0n) is 5.01. The summed E-state index contributed by atoms with van der Waals surface area (Å²) < 4.78 is 0. The molecule has 46 valence electrons. The van der Waals surface area contributed by atoms with Crippen LogP contribution in [0.15, 0.2) is 5.38 Å². The minimum absolute atomic E-state index is 0.722. The van der Waals surface area contributed by atoms with Crippen molar-refractivity contribution < 1.29 is 0 Å². The van der Waals surface area contributed by atoms with Gasteiger partial charge in [-0.1, -0.05) is 0 Å². The highest BCUT2D eigenvalue weighted by atomic mass is 32.1. The van der Waals surface area contributed by atoms with Gasteiger partial charge in [-0.05, 0) is 5.92 Å². The summed E-state index contributed by atoms with van der Waals surface area (Å²) in [6.45, 7) is 0. The molecule has 0 radical (unpaired) electrons. The summed E-state index contributed by atoms with van der Waals surface area (Å²) in [5.41, 5.74) is 0. The van der Waals surface area contributed by atoms with Crippen molar-refractivity contribution in [2.75, 3.05) is 12.4 Å². The van der Waals surface area contributed by atoms with Crippen LogP contribution in [0.1, 0.15) is 5.01 Å². The first-order valence-electron chi connectivity index (χ1n) is 2.46. The Labute approximate surface area is 57.9 Å². The molecule has 0 amide bonds. The van der Waals surface area contributed by atoms with Crippen LogP contribution in [0.25, 0.3) is 0 Å². The van der Waals surface area contributed by atoms with Crippen LogP contribution in [0.2, 0.25) is 0 Å². The molecule has 0 unspecified atom stereocenters. The average Bonchev–Trinajstić information content (AvgIpc) is 2.34. The Hall–Kier alpha value is -1.01. The Morgan fingerprint density at radius 3 is 3.00 bits per heavy atom. The zero-order valence-corrected chi connectivity index (χ0v) is 5.83. The van der Waals surface area contributed by atoms with Gasteiger partial charge in [-0.3, -0.25) is 0 Å². The number of terminal acetylenes is 1. The third kappa shape index (κ3) is 1.21. The lowest BCUT2D eigenvalue weighted by Gasteiger charge is -1.85. The van der Waals surface area contributed by atoms with E-state index in [9.17, 15) is 0 Å². The number of hydrogen-bond acceptors (Lipinski definition) is 3. The normalized spacial score (nSPS) is 8.44. The number of nitrogens with zero attached hydrogens (tertiary/aromatic N) is 1. The molecule has 1 aromatic rings. The van der Waals surface area contributed by atoms with Gasteiger partial charge >= 0.3 is 0 Å². The Morgan fingerprint density at radius 2 is 2.67 bits per heavy atom. The fourth-order valence-corrected chi connectivity index (χ4v) is 1.07. The van der Waals surface area contributed by atoms with Gasteiger partial charge in [-0.2, -0.15) is 0 Å². The molecule has 3 heteroatoms. The molecule has 0 aliphatic heterocycles. The number of rotatable bonds is 1. The molecular formula is C6H6N2S. The summed E-state index contributed by atoms with van der Waals surface area (Å²) in [5.74, 6) is 3.29. The van der Waals surface area contributed by atoms with Crippen molar-refractivity contribution in [1.29, 1.82) is 0 Å². The molecule has 0 spiro atoms. The highest BCUT2D eigenvalue weighted by Gasteiger charge is 1.93. The largest absolute Gasteiger partial charge is 0.372 e. The smallest absolute Gasteiger partial charge is 0.168 e. The molecule has 0 aromatic carbocycles. The lowest BCUT2D eigenvalue weighted by Crippen LogP contribution is -1.86. The first kappa shape index (κ1) is 6.12. The van der Waals surface area contributed by atoms with E-state index in [1.807, 2.05) is 12.4 Å². The number of nitrogens with one attached hydrogen (secondary N) is 1. The summed E-state index contributed by atoms with van der Waals surface area (Å²) in [6, 6.07) is 0. The zero-order chi connectivity index (χ0) is 6.69. The minimum Gasteiger partial charge on any atom is -0.372 e. The monoisotopic (exact) mass is 138 g/mol. The van der Waals surface area contributed by atoms with Crippen molar-refractivity contribution in [3.8, 4) is 12.3 Å². The van der Waals surface area contributed by atoms with Crippen molar-refractivity contribution in [2.24, 2.45) is 0 Å². The maximum absolute atomic E-state index is 5.09. The van der Waals surface area contributed by atoms with Gasteiger partial charge in [0.25, 0.3) is 0 Å². The van der Waals surface area contributed by atoms with Crippen molar-refractivity contribution in [3.05, 3.63) is 10.4 Å². The predicted molar refractivity (Wildman–Crippen MR) is 39.6 cm³/mol. The van der Waals surface area contributed by atoms with Gasteiger partial charge in [-0.15, -0.1) is 17.8 Å². The molecule has 2 nitrogen and oxygen atoms in total. The van der Waals surface area contributed by atoms with Crippen LogP contribution < -0.4 is 5.32 Å². The molecule has 0 saturated carbocycles. The SMILES string of the molecule is C#Cc1nc(NC)cs1. The molecule has 0 fully saturated rings. The molecule has 1 N–H and O–H groups in total. The number of thiazole rings is 1. The second-order valence-corrected chi connectivity index (χ2v) is 2.29. The third-order valence-electron chi connectivity index (χ3n) is 0.884. The highest BCUT2D eigenvalue weighted by molar-refractivity contribution is 7.10. The summed E-state index contributed by atoms with van der Waals surface area (Å²) in [7, 11) is 1.81. The number of anilines is 1. The number of aromatic nitrogens is 1. The predicted octanol–water partition coefficient (Wildman–Crippen LogP) is 1.17. The molecule has 0 atom stereocenters. The standard InChI is InChI=1S/C6H6N2S/c1-3-6-8-5(7-2)4-9-6/h1,4,7H,2H3. The molecule has 0 saturated heterocycles. The van der Waals surface area contributed by atoms with E-state index in [1.165, 1.54) is 11.3 Å². The average molecular weight is 138 g/mol. The molecule has 1 rings (SSSR count). The fourth-order valence-electron chi connectivity index (χ4n) is 0.455. The first-order chi connectivity index (χ1) is 4.36. The lowest BCUT2D eigenvalue weighted by atomic mass is 10.7.